The van der Waals surface area contributed by atoms with E-state index in [1.165, 1.54) is 19.8 Å². The van der Waals surface area contributed by atoms with Gasteiger partial charge in [0.1, 0.15) is 11.5 Å². The molecule has 7 heteroatoms. The van der Waals surface area contributed by atoms with Crippen molar-refractivity contribution < 1.29 is 15.8 Å². The summed E-state index contributed by atoms with van der Waals surface area (Å²) in [5, 5.41) is 2.79. The molecule has 0 unspecified atom stereocenters. The second-order valence-electron chi connectivity index (χ2n) is 7.11. The monoisotopic (exact) mass is 360 g/mol. The van der Waals surface area contributed by atoms with E-state index in [0.717, 1.165) is 18.4 Å². The number of ether oxygens (including phenoxy) is 1. The molecular formula is C19H28N4O3. The highest BCUT2D eigenvalue weighted by molar-refractivity contribution is 6.00. The molecule has 0 saturated heterocycles. The topological polar surface area (TPSA) is 107 Å². The second-order valence-corrected chi connectivity index (χ2v) is 7.11. The summed E-state index contributed by atoms with van der Waals surface area (Å²) in [6, 6.07) is 3.15. The van der Waals surface area contributed by atoms with Crippen molar-refractivity contribution in [1.82, 2.24) is 10.3 Å². The number of hydrogen-bond acceptors (Lipinski definition) is 4. The lowest BCUT2D eigenvalue weighted by Crippen LogP contribution is -2.44. The van der Waals surface area contributed by atoms with Gasteiger partial charge in [-0.25, -0.2) is 4.98 Å². The van der Waals surface area contributed by atoms with E-state index < -0.39 is 11.9 Å². The predicted molar refractivity (Wildman–Crippen MR) is 100 cm³/mol. The van der Waals surface area contributed by atoms with Crippen molar-refractivity contribution >= 4 is 17.6 Å². The molecule has 2 aliphatic rings. The molecule has 0 aromatic carbocycles. The van der Waals surface area contributed by atoms with Crippen LogP contribution in [0.25, 0.3) is 0 Å². The predicted octanol–water partition coefficient (Wildman–Crippen LogP) is 2.41. The summed E-state index contributed by atoms with van der Waals surface area (Å²) in [6.45, 7) is 3.85. The van der Waals surface area contributed by atoms with Crippen molar-refractivity contribution in [2.75, 3.05) is 6.61 Å². The van der Waals surface area contributed by atoms with Crippen LogP contribution in [0.15, 0.2) is 17.1 Å². The summed E-state index contributed by atoms with van der Waals surface area (Å²) in [7, 11) is 0. The first kappa shape index (κ1) is 18.4. The van der Waals surface area contributed by atoms with E-state index in [0.29, 0.717) is 30.7 Å². The van der Waals surface area contributed by atoms with Gasteiger partial charge in [-0.15, -0.1) is 0 Å². The molecule has 2 aliphatic carbocycles. The molecule has 3 N–H and O–H groups in total. The van der Waals surface area contributed by atoms with Crippen LogP contribution in [0.3, 0.4) is 0 Å². The molecule has 3 rings (SSSR count). The normalized spacial score (nSPS) is 18.3. The van der Waals surface area contributed by atoms with Crippen LogP contribution in [0, 0.1) is 5.92 Å². The number of rotatable bonds is 8. The second kappa shape index (κ2) is 7.85. The van der Waals surface area contributed by atoms with E-state index >= 15 is 0 Å². The molecule has 2 saturated carbocycles. The summed E-state index contributed by atoms with van der Waals surface area (Å²) in [4.78, 5) is 31.9. The van der Waals surface area contributed by atoms with Gasteiger partial charge in [0.05, 0.1) is 12.6 Å². The lowest BCUT2D eigenvalue weighted by Gasteiger charge is -2.17. The quantitative estimate of drug-likeness (QED) is 0.547. The largest absolute Gasteiger partial charge is 0.477 e. The summed E-state index contributed by atoms with van der Waals surface area (Å²) in [5.41, 5.74) is 7.19. The maximum atomic E-state index is 12.6. The van der Waals surface area contributed by atoms with Crippen LogP contribution in [0.2, 0.25) is 0 Å². The molecule has 1 atom stereocenters. The average Bonchev–Trinajstić information content (AvgIpc) is 3.49. The van der Waals surface area contributed by atoms with Crippen LogP contribution in [-0.4, -0.2) is 35.3 Å². The molecule has 0 bridgehead atoms. The number of carbonyl (C=O) groups is 2. The number of hydrogen-bond donors (Lipinski definition) is 2. The minimum Gasteiger partial charge on any atom is -0.477 e. The Morgan fingerprint density at radius 1 is 1.38 bits per heavy atom. The summed E-state index contributed by atoms with van der Waals surface area (Å²) in [5.74, 6) is 1.05. The number of pyridine rings is 1. The Bertz CT molecular complexity index is 730. The Kier molecular flexibility index (Phi) is 5.54. The minimum absolute atomic E-state index is 0. The van der Waals surface area contributed by atoms with E-state index in [2.05, 4.69) is 15.3 Å². The smallest absolute Gasteiger partial charge is 0.270 e. The van der Waals surface area contributed by atoms with Crippen molar-refractivity contribution in [3.63, 3.8) is 0 Å². The van der Waals surface area contributed by atoms with Crippen LogP contribution in [0.5, 0.6) is 5.88 Å². The molecule has 7 nitrogen and oxygen atoms in total. The van der Waals surface area contributed by atoms with Gasteiger partial charge < -0.3 is 15.8 Å². The Balaban J connectivity index is 0.00000261. The van der Waals surface area contributed by atoms with Crippen LogP contribution in [0.1, 0.15) is 69.3 Å². The van der Waals surface area contributed by atoms with Crippen molar-refractivity contribution in [3.8, 4) is 5.88 Å². The van der Waals surface area contributed by atoms with Crippen molar-refractivity contribution in [2.45, 2.75) is 57.9 Å². The summed E-state index contributed by atoms with van der Waals surface area (Å²) in [6.07, 6.45) is 5.21. The average molecular weight is 360 g/mol. The molecule has 26 heavy (non-hydrogen) atoms. The third kappa shape index (κ3) is 4.80. The van der Waals surface area contributed by atoms with Gasteiger partial charge in [-0.1, -0.05) is 13.0 Å². The third-order valence-corrected chi connectivity index (χ3v) is 4.65. The van der Waals surface area contributed by atoms with E-state index in [-0.39, 0.29) is 18.9 Å². The number of aliphatic imine (C=N–C) groups is 1. The van der Waals surface area contributed by atoms with E-state index in [9.17, 15) is 9.59 Å². The SMILES string of the molecule is CC[C@@H](NC(=O)c1ccc(C2CC2)c(OCC2CC2)n1)C(N)=NC(C)=O.[HH]. The van der Waals surface area contributed by atoms with Gasteiger partial charge in [0.25, 0.3) is 5.91 Å². The Hall–Kier alpha value is -2.44. The highest BCUT2D eigenvalue weighted by Crippen LogP contribution is 2.44. The van der Waals surface area contributed by atoms with Gasteiger partial charge in [-0.05, 0) is 50.0 Å². The number of carbonyl (C=O) groups excluding carboxylic acids is 2. The Morgan fingerprint density at radius 3 is 2.69 bits per heavy atom. The zero-order valence-corrected chi connectivity index (χ0v) is 15.3. The minimum atomic E-state index is -0.507. The summed E-state index contributed by atoms with van der Waals surface area (Å²) < 4.78 is 5.90. The highest BCUT2D eigenvalue weighted by atomic mass is 16.5. The molecule has 1 aromatic rings. The summed E-state index contributed by atoms with van der Waals surface area (Å²) >= 11 is 0. The molecule has 2 amide bonds. The van der Waals surface area contributed by atoms with Crippen molar-refractivity contribution in [3.05, 3.63) is 23.4 Å². The number of nitrogens with one attached hydrogen (secondary N) is 1. The first-order valence-corrected chi connectivity index (χ1v) is 9.27. The van der Waals surface area contributed by atoms with Crippen molar-refractivity contribution in [1.29, 1.82) is 0 Å². The van der Waals surface area contributed by atoms with Gasteiger partial charge in [0.2, 0.25) is 11.8 Å². The van der Waals surface area contributed by atoms with Gasteiger partial charge in [-0.3, -0.25) is 9.59 Å². The van der Waals surface area contributed by atoms with Gasteiger partial charge >= 0.3 is 0 Å². The number of aromatic nitrogens is 1. The molecule has 142 valence electrons. The number of nitrogens with two attached hydrogens (primary N) is 1. The van der Waals surface area contributed by atoms with Crippen LogP contribution in [-0.2, 0) is 4.79 Å². The van der Waals surface area contributed by atoms with Gasteiger partial charge in [0.15, 0.2) is 0 Å². The molecule has 2 fully saturated rings. The van der Waals surface area contributed by atoms with Crippen LogP contribution >= 0.6 is 0 Å². The highest BCUT2D eigenvalue weighted by Gasteiger charge is 2.30. The molecule has 0 aliphatic heterocycles. The van der Waals surface area contributed by atoms with E-state index in [1.807, 2.05) is 13.0 Å². The third-order valence-electron chi connectivity index (χ3n) is 4.65. The maximum Gasteiger partial charge on any atom is 0.270 e. The van der Waals surface area contributed by atoms with Gasteiger partial charge in [0, 0.05) is 13.9 Å². The number of amides is 2. The first-order valence-electron chi connectivity index (χ1n) is 9.27. The first-order chi connectivity index (χ1) is 12.5. The maximum absolute atomic E-state index is 12.6. The molecule has 1 aromatic heterocycles. The lowest BCUT2D eigenvalue weighted by molar-refractivity contribution is -0.115. The van der Waals surface area contributed by atoms with Crippen LogP contribution < -0.4 is 15.8 Å². The fourth-order valence-electron chi connectivity index (χ4n) is 2.76. The zero-order valence-electron chi connectivity index (χ0n) is 15.3. The zero-order chi connectivity index (χ0) is 18.7. The van der Waals surface area contributed by atoms with Crippen molar-refractivity contribution in [2.24, 2.45) is 16.6 Å². The number of amidine groups is 1. The lowest BCUT2D eigenvalue weighted by atomic mass is 10.1. The Labute approximate surface area is 154 Å². The standard InChI is InChI=1S/C19H26N4O3.H2/c1-3-15(17(20)21-11(2)24)22-18(25)16-9-8-14(13-6-7-13)19(23-16)26-10-12-4-5-12;/h8-9,12-13,15H,3-7,10H2,1-2H3,(H,22,25)(H2,20,21,24);1H/t15-;/m1./s1. The van der Waals surface area contributed by atoms with E-state index in [1.54, 1.807) is 6.07 Å². The number of nitrogens with zero attached hydrogens (tertiary/aromatic N) is 2. The molecule has 1 heterocycles. The van der Waals surface area contributed by atoms with Gasteiger partial charge in [-0.2, -0.15) is 4.99 Å². The molecule has 0 radical (unpaired) electrons. The molecular weight excluding hydrogens is 332 g/mol. The Morgan fingerprint density at radius 2 is 2.12 bits per heavy atom. The van der Waals surface area contributed by atoms with Crippen LogP contribution in [0.4, 0.5) is 0 Å². The fraction of sp³-hybridized carbons (Fsp3) is 0.579. The molecule has 0 spiro atoms. The fourth-order valence-corrected chi connectivity index (χ4v) is 2.76. The van der Waals surface area contributed by atoms with E-state index in [4.69, 9.17) is 10.5 Å².